The Morgan fingerprint density at radius 2 is 1.95 bits per heavy atom. The molecular weight excluding hydrogens is 279 g/mol. The molecule has 2 nitrogen and oxygen atoms in total. The van der Waals surface area contributed by atoms with Crippen molar-refractivity contribution in [2.45, 2.75) is 26.3 Å². The molecule has 0 bridgehead atoms. The lowest BCUT2D eigenvalue weighted by atomic mass is 9.80. The Kier molecular flexibility index (Phi) is 5.13. The number of nitrogens with zero attached hydrogens (tertiary/aromatic N) is 1. The summed E-state index contributed by atoms with van der Waals surface area (Å²) in [7, 11) is 2.19. The van der Waals surface area contributed by atoms with Crippen molar-refractivity contribution in [1.82, 2.24) is 10.2 Å². The molecule has 0 atom stereocenters. The van der Waals surface area contributed by atoms with Crippen LogP contribution in [0.25, 0.3) is 0 Å². The van der Waals surface area contributed by atoms with Crippen LogP contribution in [0.5, 0.6) is 0 Å². The summed E-state index contributed by atoms with van der Waals surface area (Å²) in [5.74, 6) is 0. The van der Waals surface area contributed by atoms with Crippen LogP contribution < -0.4 is 5.32 Å². The van der Waals surface area contributed by atoms with Crippen molar-refractivity contribution in [1.29, 1.82) is 0 Å². The zero-order valence-electron chi connectivity index (χ0n) is 11.7. The fourth-order valence-electron chi connectivity index (χ4n) is 2.50. The molecule has 0 aliphatic carbocycles. The first-order valence-electron chi connectivity index (χ1n) is 6.82. The summed E-state index contributed by atoms with van der Waals surface area (Å²) >= 11 is 12.1. The molecule has 1 aromatic rings. The standard InChI is InChI=1S/C15H22Cl2N2/c1-15(5-7-19(2)8-6-15)11-18-10-12-3-4-13(16)9-14(12)17/h3-4,9,18H,5-8,10-11H2,1-2H3. The summed E-state index contributed by atoms with van der Waals surface area (Å²) in [6, 6.07) is 5.69. The highest BCUT2D eigenvalue weighted by Gasteiger charge is 2.28. The van der Waals surface area contributed by atoms with Crippen LogP contribution in [0.4, 0.5) is 0 Å². The molecule has 0 saturated carbocycles. The van der Waals surface area contributed by atoms with Gasteiger partial charge in [0.15, 0.2) is 0 Å². The fourth-order valence-corrected chi connectivity index (χ4v) is 2.97. The fraction of sp³-hybridized carbons (Fsp3) is 0.600. The maximum Gasteiger partial charge on any atom is 0.0465 e. The van der Waals surface area contributed by atoms with E-state index in [0.717, 1.165) is 23.7 Å². The van der Waals surface area contributed by atoms with Crippen molar-refractivity contribution in [3.63, 3.8) is 0 Å². The van der Waals surface area contributed by atoms with E-state index in [1.807, 2.05) is 12.1 Å². The number of nitrogens with one attached hydrogen (secondary N) is 1. The molecule has 0 unspecified atom stereocenters. The molecule has 0 spiro atoms. The average Bonchev–Trinajstić information content (AvgIpc) is 2.36. The van der Waals surface area contributed by atoms with Gasteiger partial charge in [-0.15, -0.1) is 0 Å². The van der Waals surface area contributed by atoms with E-state index in [1.165, 1.54) is 25.9 Å². The van der Waals surface area contributed by atoms with Gasteiger partial charge in [0, 0.05) is 23.1 Å². The highest BCUT2D eigenvalue weighted by molar-refractivity contribution is 6.35. The Morgan fingerprint density at radius 1 is 1.26 bits per heavy atom. The van der Waals surface area contributed by atoms with Gasteiger partial charge in [0.25, 0.3) is 0 Å². The topological polar surface area (TPSA) is 15.3 Å². The molecule has 1 aliphatic rings. The number of hydrogen-bond donors (Lipinski definition) is 1. The smallest absolute Gasteiger partial charge is 0.0465 e. The molecule has 1 aromatic carbocycles. The first-order valence-corrected chi connectivity index (χ1v) is 7.57. The molecule has 1 fully saturated rings. The van der Waals surface area contributed by atoms with Gasteiger partial charge in [0.2, 0.25) is 0 Å². The van der Waals surface area contributed by atoms with Crippen molar-refractivity contribution in [2.24, 2.45) is 5.41 Å². The van der Waals surface area contributed by atoms with Crippen molar-refractivity contribution >= 4 is 23.2 Å². The van der Waals surface area contributed by atoms with Gasteiger partial charge in [-0.05, 0) is 56.1 Å². The number of halogens is 2. The van der Waals surface area contributed by atoms with Crippen LogP contribution in [0.2, 0.25) is 10.0 Å². The van der Waals surface area contributed by atoms with E-state index in [4.69, 9.17) is 23.2 Å². The second-order valence-electron chi connectivity index (χ2n) is 5.95. The molecule has 1 saturated heterocycles. The van der Waals surface area contributed by atoms with E-state index < -0.39 is 0 Å². The van der Waals surface area contributed by atoms with Crippen LogP contribution in [0, 0.1) is 5.41 Å². The van der Waals surface area contributed by atoms with Gasteiger partial charge in [-0.3, -0.25) is 0 Å². The molecule has 106 valence electrons. The van der Waals surface area contributed by atoms with E-state index in [9.17, 15) is 0 Å². The van der Waals surface area contributed by atoms with Crippen molar-refractivity contribution < 1.29 is 0 Å². The molecule has 0 amide bonds. The van der Waals surface area contributed by atoms with E-state index in [-0.39, 0.29) is 0 Å². The lowest BCUT2D eigenvalue weighted by molar-refractivity contribution is 0.137. The van der Waals surface area contributed by atoms with E-state index in [1.54, 1.807) is 6.07 Å². The largest absolute Gasteiger partial charge is 0.312 e. The van der Waals surface area contributed by atoms with Crippen LogP contribution in [0.15, 0.2) is 18.2 Å². The van der Waals surface area contributed by atoms with Crippen molar-refractivity contribution in [2.75, 3.05) is 26.7 Å². The van der Waals surface area contributed by atoms with Crippen LogP contribution >= 0.6 is 23.2 Å². The summed E-state index contributed by atoms with van der Waals surface area (Å²) in [5, 5.41) is 4.98. The van der Waals surface area contributed by atoms with Crippen molar-refractivity contribution in [3.05, 3.63) is 33.8 Å². The third kappa shape index (κ3) is 4.35. The Bertz CT molecular complexity index is 426. The second-order valence-corrected chi connectivity index (χ2v) is 6.80. The van der Waals surface area contributed by atoms with Gasteiger partial charge in [-0.25, -0.2) is 0 Å². The SMILES string of the molecule is CN1CCC(C)(CNCc2ccc(Cl)cc2Cl)CC1. The van der Waals surface area contributed by atoms with Gasteiger partial charge < -0.3 is 10.2 Å². The molecule has 0 aromatic heterocycles. The lowest BCUT2D eigenvalue weighted by Crippen LogP contribution is -2.41. The maximum atomic E-state index is 6.17. The van der Waals surface area contributed by atoms with Gasteiger partial charge in [0.05, 0.1) is 0 Å². The van der Waals surface area contributed by atoms with E-state index in [2.05, 4.69) is 24.2 Å². The second kappa shape index (κ2) is 6.45. The Hall–Kier alpha value is -0.280. The molecule has 0 radical (unpaired) electrons. The van der Waals surface area contributed by atoms with Crippen LogP contribution in [0.1, 0.15) is 25.3 Å². The third-order valence-electron chi connectivity index (χ3n) is 4.08. The van der Waals surface area contributed by atoms with Gasteiger partial charge in [-0.2, -0.15) is 0 Å². The molecule has 1 aliphatic heterocycles. The minimum atomic E-state index is 0.408. The first-order chi connectivity index (χ1) is 8.98. The molecular formula is C15H22Cl2N2. The average molecular weight is 301 g/mol. The molecule has 19 heavy (non-hydrogen) atoms. The summed E-state index contributed by atoms with van der Waals surface area (Å²) in [6.45, 7) is 6.61. The third-order valence-corrected chi connectivity index (χ3v) is 4.66. The number of rotatable bonds is 4. The monoisotopic (exact) mass is 300 g/mol. The number of piperidine rings is 1. The minimum absolute atomic E-state index is 0.408. The van der Waals surface area contributed by atoms with Crippen LogP contribution in [-0.4, -0.2) is 31.6 Å². The Labute approximate surface area is 126 Å². The highest BCUT2D eigenvalue weighted by Crippen LogP contribution is 2.29. The summed E-state index contributed by atoms with van der Waals surface area (Å²) in [5.41, 5.74) is 1.52. The van der Waals surface area contributed by atoms with Crippen molar-refractivity contribution in [3.8, 4) is 0 Å². The zero-order valence-corrected chi connectivity index (χ0v) is 13.2. The number of benzene rings is 1. The molecule has 1 heterocycles. The molecule has 4 heteroatoms. The summed E-state index contributed by atoms with van der Waals surface area (Å²) < 4.78 is 0. The molecule has 1 N–H and O–H groups in total. The van der Waals surface area contributed by atoms with E-state index >= 15 is 0 Å². The maximum absolute atomic E-state index is 6.17. The first kappa shape index (κ1) is 15.1. The predicted octanol–water partition coefficient (Wildman–Crippen LogP) is 3.81. The normalized spacial score (nSPS) is 19.6. The van der Waals surface area contributed by atoms with Crippen LogP contribution in [-0.2, 0) is 6.54 Å². The Balaban J connectivity index is 1.83. The van der Waals surface area contributed by atoms with Gasteiger partial charge >= 0.3 is 0 Å². The van der Waals surface area contributed by atoms with Gasteiger partial charge in [0.1, 0.15) is 0 Å². The Morgan fingerprint density at radius 3 is 2.58 bits per heavy atom. The van der Waals surface area contributed by atoms with Gasteiger partial charge in [-0.1, -0.05) is 36.2 Å². The number of likely N-dealkylation sites (tertiary alicyclic amines) is 1. The summed E-state index contributed by atoms with van der Waals surface area (Å²) in [4.78, 5) is 2.40. The predicted molar refractivity (Wildman–Crippen MR) is 83.0 cm³/mol. The minimum Gasteiger partial charge on any atom is -0.312 e. The van der Waals surface area contributed by atoms with Crippen LogP contribution in [0.3, 0.4) is 0 Å². The molecule has 2 rings (SSSR count). The lowest BCUT2D eigenvalue weighted by Gasteiger charge is -2.38. The van der Waals surface area contributed by atoms with E-state index in [0.29, 0.717) is 10.4 Å². The zero-order chi connectivity index (χ0) is 13.9. The quantitative estimate of drug-likeness (QED) is 0.909. The summed E-state index contributed by atoms with van der Waals surface area (Å²) in [6.07, 6.45) is 2.51. The number of hydrogen-bond acceptors (Lipinski definition) is 2. The highest BCUT2D eigenvalue weighted by atomic mass is 35.5.